The minimum atomic E-state index is 0. The molecule has 0 aliphatic heterocycles. The van der Waals surface area contributed by atoms with Crippen LogP contribution in [0.2, 0.25) is 0 Å². The average Bonchev–Trinajstić information content (AvgIpc) is 2.52. The number of rotatable bonds is 4. The highest BCUT2D eigenvalue weighted by molar-refractivity contribution is 5.85. The quantitative estimate of drug-likeness (QED) is 0.788. The van der Waals surface area contributed by atoms with Crippen molar-refractivity contribution >= 4 is 12.4 Å². The second kappa shape index (κ2) is 6.09. The monoisotopic (exact) mass is 189 g/mol. The maximum atomic E-state index is 5.17. The van der Waals surface area contributed by atoms with E-state index in [0.717, 1.165) is 18.7 Å². The lowest BCUT2D eigenvalue weighted by molar-refractivity contribution is 0.450. The van der Waals surface area contributed by atoms with Crippen LogP contribution in [0, 0.1) is 0 Å². The molecule has 12 heavy (non-hydrogen) atoms. The van der Waals surface area contributed by atoms with E-state index >= 15 is 0 Å². The van der Waals surface area contributed by atoms with Crippen molar-refractivity contribution in [3.8, 4) is 0 Å². The molecule has 0 aromatic carbocycles. The first-order valence-corrected chi connectivity index (χ1v) is 4.08. The number of nitrogens with one attached hydrogen (secondary N) is 1. The van der Waals surface area contributed by atoms with Crippen LogP contribution in [0.3, 0.4) is 0 Å². The summed E-state index contributed by atoms with van der Waals surface area (Å²) in [5.74, 6) is 1.00. The zero-order valence-electron chi connectivity index (χ0n) is 7.54. The Kier molecular flexibility index (Phi) is 5.85. The molecule has 0 aliphatic carbocycles. The Morgan fingerprint density at radius 3 is 2.83 bits per heavy atom. The van der Waals surface area contributed by atoms with Gasteiger partial charge in [0.2, 0.25) is 0 Å². The van der Waals surface area contributed by atoms with E-state index in [9.17, 15) is 0 Å². The smallest absolute Gasteiger partial charge is 0.117 e. The molecule has 0 aliphatic rings. The van der Waals surface area contributed by atoms with Crippen LogP contribution in [0.15, 0.2) is 22.8 Å². The Hall–Kier alpha value is -0.470. The number of furan rings is 1. The molecule has 3 heteroatoms. The normalized spacial score (nSPS) is 12.2. The summed E-state index contributed by atoms with van der Waals surface area (Å²) in [7, 11) is 0. The van der Waals surface area contributed by atoms with E-state index in [0.29, 0.717) is 6.04 Å². The SMILES string of the molecule is CCC(C)NCc1ccco1.Cl. The summed E-state index contributed by atoms with van der Waals surface area (Å²) < 4.78 is 5.17. The molecule has 2 nitrogen and oxygen atoms in total. The zero-order valence-corrected chi connectivity index (χ0v) is 8.36. The van der Waals surface area contributed by atoms with E-state index in [-0.39, 0.29) is 12.4 Å². The van der Waals surface area contributed by atoms with Crippen LogP contribution in [-0.4, -0.2) is 6.04 Å². The van der Waals surface area contributed by atoms with E-state index in [1.807, 2.05) is 12.1 Å². The highest BCUT2D eigenvalue weighted by Crippen LogP contribution is 1.99. The third kappa shape index (κ3) is 3.79. The van der Waals surface area contributed by atoms with Gasteiger partial charge >= 0.3 is 0 Å². The van der Waals surface area contributed by atoms with Gasteiger partial charge in [-0.05, 0) is 25.5 Å². The molecule has 1 heterocycles. The van der Waals surface area contributed by atoms with Gasteiger partial charge in [0.1, 0.15) is 5.76 Å². The van der Waals surface area contributed by atoms with Crippen LogP contribution in [0.4, 0.5) is 0 Å². The summed E-state index contributed by atoms with van der Waals surface area (Å²) in [4.78, 5) is 0. The summed E-state index contributed by atoms with van der Waals surface area (Å²) in [6.45, 7) is 5.17. The zero-order chi connectivity index (χ0) is 8.10. The third-order valence-electron chi connectivity index (χ3n) is 1.82. The molecule has 0 bridgehead atoms. The van der Waals surface area contributed by atoms with Crippen molar-refractivity contribution in [2.75, 3.05) is 0 Å². The second-order valence-corrected chi connectivity index (χ2v) is 2.77. The Morgan fingerprint density at radius 1 is 1.58 bits per heavy atom. The molecular weight excluding hydrogens is 174 g/mol. The van der Waals surface area contributed by atoms with E-state index in [1.54, 1.807) is 6.26 Å². The summed E-state index contributed by atoms with van der Waals surface area (Å²) in [6, 6.07) is 4.46. The maximum absolute atomic E-state index is 5.17. The lowest BCUT2D eigenvalue weighted by Gasteiger charge is -2.08. The average molecular weight is 190 g/mol. The van der Waals surface area contributed by atoms with Crippen molar-refractivity contribution < 1.29 is 4.42 Å². The van der Waals surface area contributed by atoms with E-state index in [4.69, 9.17) is 4.42 Å². The van der Waals surface area contributed by atoms with Crippen LogP contribution >= 0.6 is 12.4 Å². The largest absolute Gasteiger partial charge is 0.468 e. The molecular formula is C9H16ClNO. The fraction of sp³-hybridized carbons (Fsp3) is 0.556. The van der Waals surface area contributed by atoms with Crippen molar-refractivity contribution in [2.24, 2.45) is 0 Å². The van der Waals surface area contributed by atoms with Gasteiger partial charge < -0.3 is 9.73 Å². The minimum Gasteiger partial charge on any atom is -0.468 e. The molecule has 0 amide bonds. The van der Waals surface area contributed by atoms with Gasteiger partial charge in [-0.25, -0.2) is 0 Å². The standard InChI is InChI=1S/C9H15NO.ClH/c1-3-8(2)10-7-9-5-4-6-11-9;/h4-6,8,10H,3,7H2,1-2H3;1H. The van der Waals surface area contributed by atoms with Gasteiger partial charge in [0, 0.05) is 6.04 Å². The van der Waals surface area contributed by atoms with Gasteiger partial charge in [-0.2, -0.15) is 0 Å². The molecule has 1 N–H and O–H groups in total. The molecule has 0 saturated carbocycles. The van der Waals surface area contributed by atoms with Crippen molar-refractivity contribution in [2.45, 2.75) is 32.9 Å². The highest BCUT2D eigenvalue weighted by Gasteiger charge is 1.98. The molecule has 1 unspecified atom stereocenters. The first-order chi connectivity index (χ1) is 5.33. The summed E-state index contributed by atoms with van der Waals surface area (Å²) in [5, 5.41) is 3.34. The summed E-state index contributed by atoms with van der Waals surface area (Å²) >= 11 is 0. The summed E-state index contributed by atoms with van der Waals surface area (Å²) in [6.07, 6.45) is 2.86. The van der Waals surface area contributed by atoms with Crippen LogP contribution in [0.1, 0.15) is 26.0 Å². The molecule has 0 saturated heterocycles. The first-order valence-electron chi connectivity index (χ1n) is 4.08. The van der Waals surface area contributed by atoms with Gasteiger partial charge in [0.25, 0.3) is 0 Å². The van der Waals surface area contributed by atoms with Crippen LogP contribution < -0.4 is 5.32 Å². The molecule has 1 aromatic heterocycles. The predicted octanol–water partition coefficient (Wildman–Crippen LogP) is 2.59. The Labute approximate surface area is 79.8 Å². The number of hydrogen-bond donors (Lipinski definition) is 1. The van der Waals surface area contributed by atoms with E-state index in [1.165, 1.54) is 0 Å². The van der Waals surface area contributed by atoms with Crippen LogP contribution in [-0.2, 0) is 6.54 Å². The minimum absolute atomic E-state index is 0. The molecule has 0 fully saturated rings. The van der Waals surface area contributed by atoms with Crippen LogP contribution in [0.5, 0.6) is 0 Å². The molecule has 0 spiro atoms. The van der Waals surface area contributed by atoms with Crippen molar-refractivity contribution in [1.82, 2.24) is 5.32 Å². The van der Waals surface area contributed by atoms with Gasteiger partial charge in [-0.3, -0.25) is 0 Å². The molecule has 0 radical (unpaired) electrons. The molecule has 1 atom stereocenters. The van der Waals surface area contributed by atoms with Crippen molar-refractivity contribution in [3.63, 3.8) is 0 Å². The van der Waals surface area contributed by atoms with Crippen LogP contribution in [0.25, 0.3) is 0 Å². The van der Waals surface area contributed by atoms with E-state index < -0.39 is 0 Å². The number of hydrogen-bond acceptors (Lipinski definition) is 2. The first kappa shape index (κ1) is 11.5. The fourth-order valence-electron chi connectivity index (χ4n) is 0.832. The molecule has 1 aromatic rings. The van der Waals surface area contributed by atoms with Gasteiger partial charge in [0.15, 0.2) is 0 Å². The number of halogens is 1. The fourth-order valence-corrected chi connectivity index (χ4v) is 0.832. The maximum Gasteiger partial charge on any atom is 0.117 e. The van der Waals surface area contributed by atoms with E-state index in [2.05, 4.69) is 19.2 Å². The van der Waals surface area contributed by atoms with Gasteiger partial charge in [-0.15, -0.1) is 12.4 Å². The second-order valence-electron chi connectivity index (χ2n) is 2.77. The highest BCUT2D eigenvalue weighted by atomic mass is 35.5. The lowest BCUT2D eigenvalue weighted by atomic mass is 10.2. The topological polar surface area (TPSA) is 25.2 Å². The van der Waals surface area contributed by atoms with Crippen molar-refractivity contribution in [1.29, 1.82) is 0 Å². The van der Waals surface area contributed by atoms with Gasteiger partial charge in [-0.1, -0.05) is 6.92 Å². The Balaban J connectivity index is 0.00000121. The summed E-state index contributed by atoms with van der Waals surface area (Å²) in [5.41, 5.74) is 0. The molecule has 1 rings (SSSR count). The van der Waals surface area contributed by atoms with Gasteiger partial charge in [0.05, 0.1) is 12.8 Å². The molecule has 70 valence electrons. The third-order valence-corrected chi connectivity index (χ3v) is 1.82. The van der Waals surface area contributed by atoms with Crippen molar-refractivity contribution in [3.05, 3.63) is 24.2 Å². The Morgan fingerprint density at radius 2 is 2.33 bits per heavy atom. The lowest BCUT2D eigenvalue weighted by Crippen LogP contribution is -2.24. The Bertz CT molecular complexity index is 186. The predicted molar refractivity (Wildman–Crippen MR) is 52.5 cm³/mol.